The summed E-state index contributed by atoms with van der Waals surface area (Å²) in [5.41, 5.74) is 2.29. The first kappa shape index (κ1) is 11.2. The van der Waals surface area contributed by atoms with Gasteiger partial charge in [0.25, 0.3) is 0 Å². The van der Waals surface area contributed by atoms with Crippen LogP contribution >= 0.6 is 0 Å². The van der Waals surface area contributed by atoms with Crippen LogP contribution in [0.5, 0.6) is 11.5 Å². The van der Waals surface area contributed by atoms with Crippen LogP contribution in [0.2, 0.25) is 0 Å². The molecule has 1 aromatic heterocycles. The van der Waals surface area contributed by atoms with Gasteiger partial charge >= 0.3 is 0 Å². The highest BCUT2D eigenvalue weighted by Gasteiger charge is 2.23. The van der Waals surface area contributed by atoms with Gasteiger partial charge in [-0.3, -0.25) is 4.98 Å². The van der Waals surface area contributed by atoms with Crippen LogP contribution < -0.4 is 10.1 Å². The van der Waals surface area contributed by atoms with Crippen molar-refractivity contribution in [2.45, 2.75) is 12.3 Å². The zero-order valence-corrected chi connectivity index (χ0v) is 10.4. The third-order valence-electron chi connectivity index (χ3n) is 3.32. The maximum absolute atomic E-state index is 5.99. The largest absolute Gasteiger partial charge is 0.455 e. The maximum Gasteiger partial charge on any atom is 0.148 e. The third kappa shape index (κ3) is 1.97. The van der Waals surface area contributed by atoms with Crippen molar-refractivity contribution in [1.29, 1.82) is 0 Å². The van der Waals surface area contributed by atoms with Crippen molar-refractivity contribution in [2.75, 3.05) is 13.6 Å². The molecule has 1 unspecified atom stereocenters. The van der Waals surface area contributed by atoms with Gasteiger partial charge in [0.15, 0.2) is 0 Å². The molecule has 92 valence electrons. The van der Waals surface area contributed by atoms with Crippen LogP contribution in [0.25, 0.3) is 0 Å². The molecule has 0 saturated heterocycles. The van der Waals surface area contributed by atoms with Crippen LogP contribution in [0.1, 0.15) is 17.2 Å². The molecule has 3 rings (SSSR count). The Morgan fingerprint density at radius 3 is 2.94 bits per heavy atom. The first-order valence-corrected chi connectivity index (χ1v) is 6.24. The Morgan fingerprint density at radius 1 is 1.22 bits per heavy atom. The predicted molar refractivity (Wildman–Crippen MR) is 71.1 cm³/mol. The van der Waals surface area contributed by atoms with Crippen LogP contribution in [0, 0.1) is 0 Å². The van der Waals surface area contributed by atoms with E-state index in [1.807, 2.05) is 37.5 Å². The van der Waals surface area contributed by atoms with Gasteiger partial charge in [-0.05, 0) is 30.8 Å². The number of nitrogens with zero attached hydrogens (tertiary/aromatic N) is 1. The number of pyridine rings is 1. The fourth-order valence-electron chi connectivity index (χ4n) is 2.47. The van der Waals surface area contributed by atoms with Crippen molar-refractivity contribution in [3.8, 4) is 11.5 Å². The SMILES string of the molecule is CNCC1Cc2ncccc2Oc2ccccc21. The molecule has 0 aliphatic carbocycles. The number of fused-ring (bicyclic) bond motifs is 2. The quantitative estimate of drug-likeness (QED) is 0.876. The Kier molecular flexibility index (Phi) is 2.99. The van der Waals surface area contributed by atoms with E-state index >= 15 is 0 Å². The molecule has 0 saturated carbocycles. The predicted octanol–water partition coefficient (Wildman–Crippen LogP) is 2.73. The lowest BCUT2D eigenvalue weighted by Gasteiger charge is -2.15. The van der Waals surface area contributed by atoms with Crippen LogP contribution in [-0.4, -0.2) is 18.6 Å². The van der Waals surface area contributed by atoms with Crippen molar-refractivity contribution in [3.63, 3.8) is 0 Å². The van der Waals surface area contributed by atoms with Crippen molar-refractivity contribution in [2.24, 2.45) is 0 Å². The Bertz CT molecular complexity index is 554. The van der Waals surface area contributed by atoms with E-state index in [2.05, 4.69) is 22.4 Å². The summed E-state index contributed by atoms with van der Waals surface area (Å²) in [4.78, 5) is 4.44. The Morgan fingerprint density at radius 2 is 2.06 bits per heavy atom. The second-order valence-corrected chi connectivity index (χ2v) is 4.55. The van der Waals surface area contributed by atoms with Crippen molar-refractivity contribution in [3.05, 3.63) is 53.9 Å². The van der Waals surface area contributed by atoms with Crippen molar-refractivity contribution >= 4 is 0 Å². The number of aromatic nitrogens is 1. The van der Waals surface area contributed by atoms with E-state index in [0.29, 0.717) is 5.92 Å². The van der Waals surface area contributed by atoms with E-state index < -0.39 is 0 Å². The summed E-state index contributed by atoms with van der Waals surface area (Å²) in [5.74, 6) is 2.23. The molecule has 1 aliphatic rings. The molecule has 1 atom stereocenters. The molecule has 0 amide bonds. The Labute approximate surface area is 107 Å². The molecule has 1 aromatic carbocycles. The molecule has 3 heteroatoms. The first-order valence-electron chi connectivity index (χ1n) is 6.24. The smallest absolute Gasteiger partial charge is 0.148 e. The fraction of sp³-hybridized carbons (Fsp3) is 0.267. The van der Waals surface area contributed by atoms with Gasteiger partial charge in [-0.1, -0.05) is 18.2 Å². The number of benzene rings is 1. The molecule has 3 nitrogen and oxygen atoms in total. The van der Waals surface area contributed by atoms with E-state index in [1.165, 1.54) is 5.56 Å². The van der Waals surface area contributed by atoms with Gasteiger partial charge in [-0.25, -0.2) is 0 Å². The second-order valence-electron chi connectivity index (χ2n) is 4.55. The lowest BCUT2D eigenvalue weighted by Crippen LogP contribution is -2.18. The highest BCUT2D eigenvalue weighted by molar-refractivity contribution is 5.45. The number of hydrogen-bond acceptors (Lipinski definition) is 3. The molecule has 2 aromatic rings. The lowest BCUT2D eigenvalue weighted by atomic mass is 9.94. The average molecular weight is 240 g/mol. The van der Waals surface area contributed by atoms with Crippen LogP contribution in [0.4, 0.5) is 0 Å². The van der Waals surface area contributed by atoms with E-state index in [4.69, 9.17) is 4.74 Å². The molecule has 0 radical (unpaired) electrons. The van der Waals surface area contributed by atoms with Crippen LogP contribution in [-0.2, 0) is 6.42 Å². The summed E-state index contributed by atoms with van der Waals surface area (Å²) in [6.45, 7) is 0.927. The summed E-state index contributed by atoms with van der Waals surface area (Å²) < 4.78 is 5.99. The highest BCUT2D eigenvalue weighted by Crippen LogP contribution is 2.37. The summed E-state index contributed by atoms with van der Waals surface area (Å²) in [7, 11) is 1.98. The summed E-state index contributed by atoms with van der Waals surface area (Å²) in [6.07, 6.45) is 2.74. The van der Waals surface area contributed by atoms with Gasteiger partial charge in [0.2, 0.25) is 0 Å². The van der Waals surface area contributed by atoms with Crippen molar-refractivity contribution in [1.82, 2.24) is 10.3 Å². The van der Waals surface area contributed by atoms with E-state index in [-0.39, 0.29) is 0 Å². The van der Waals surface area contributed by atoms with E-state index in [1.54, 1.807) is 0 Å². The zero-order valence-electron chi connectivity index (χ0n) is 10.4. The van der Waals surface area contributed by atoms with Gasteiger partial charge in [0.1, 0.15) is 11.5 Å². The molecule has 2 heterocycles. The molecule has 18 heavy (non-hydrogen) atoms. The van der Waals surface area contributed by atoms with Gasteiger partial charge in [0, 0.05) is 25.1 Å². The van der Waals surface area contributed by atoms with Gasteiger partial charge < -0.3 is 10.1 Å². The molecule has 0 spiro atoms. The van der Waals surface area contributed by atoms with Gasteiger partial charge in [-0.15, -0.1) is 0 Å². The molecule has 0 fully saturated rings. The van der Waals surface area contributed by atoms with E-state index in [0.717, 1.165) is 30.2 Å². The highest BCUT2D eigenvalue weighted by atomic mass is 16.5. The van der Waals surface area contributed by atoms with Crippen LogP contribution in [0.15, 0.2) is 42.6 Å². The number of rotatable bonds is 2. The Hall–Kier alpha value is -1.87. The maximum atomic E-state index is 5.99. The lowest BCUT2D eigenvalue weighted by molar-refractivity contribution is 0.475. The monoisotopic (exact) mass is 240 g/mol. The second kappa shape index (κ2) is 4.78. The zero-order chi connectivity index (χ0) is 12.4. The van der Waals surface area contributed by atoms with Crippen molar-refractivity contribution < 1.29 is 4.74 Å². The number of likely N-dealkylation sites (N-methyl/N-ethyl adjacent to an activating group) is 1. The summed E-state index contributed by atoms with van der Waals surface area (Å²) in [6, 6.07) is 12.1. The molecular formula is C15H16N2O. The average Bonchev–Trinajstić information content (AvgIpc) is 2.56. The normalized spacial score (nSPS) is 17.3. The minimum atomic E-state index is 0.405. The molecular weight excluding hydrogens is 224 g/mol. The minimum Gasteiger partial charge on any atom is -0.455 e. The third-order valence-corrected chi connectivity index (χ3v) is 3.32. The number of nitrogens with one attached hydrogen (secondary N) is 1. The van der Waals surface area contributed by atoms with Crippen LogP contribution in [0.3, 0.4) is 0 Å². The standard InChI is InChI=1S/C15H16N2O/c1-16-10-11-9-13-15(7-4-8-17-13)18-14-6-3-2-5-12(11)14/h2-8,11,16H,9-10H2,1H3. The summed E-state index contributed by atoms with van der Waals surface area (Å²) in [5, 5.41) is 3.25. The van der Waals surface area contributed by atoms with E-state index in [9.17, 15) is 0 Å². The topological polar surface area (TPSA) is 34.2 Å². The minimum absolute atomic E-state index is 0.405. The Balaban J connectivity index is 2.08. The first-order chi connectivity index (χ1) is 8.88. The molecule has 1 aliphatic heterocycles. The molecule has 0 bridgehead atoms. The number of para-hydroxylation sites is 1. The number of ether oxygens (including phenoxy) is 1. The van der Waals surface area contributed by atoms with Gasteiger partial charge in [0.05, 0.1) is 5.69 Å². The van der Waals surface area contributed by atoms with Gasteiger partial charge in [-0.2, -0.15) is 0 Å². The summed E-state index contributed by atoms with van der Waals surface area (Å²) >= 11 is 0. The fourth-order valence-corrected chi connectivity index (χ4v) is 2.47. The molecule has 1 N–H and O–H groups in total. The number of hydrogen-bond donors (Lipinski definition) is 1.